The van der Waals surface area contributed by atoms with Gasteiger partial charge < -0.3 is 5.32 Å². The molecule has 0 radical (unpaired) electrons. The highest BCUT2D eigenvalue weighted by Gasteiger charge is 2.27. The molecule has 2 N–H and O–H groups in total. The van der Waals surface area contributed by atoms with Gasteiger partial charge in [-0.1, -0.05) is 24.3 Å². The maximum Gasteiger partial charge on any atom is 0.279 e. The van der Waals surface area contributed by atoms with Gasteiger partial charge in [0.25, 0.3) is 10.2 Å². The van der Waals surface area contributed by atoms with Crippen LogP contribution in [0.15, 0.2) is 24.3 Å². The molecule has 0 saturated carbocycles. The van der Waals surface area contributed by atoms with E-state index in [0.717, 1.165) is 31.4 Å². The van der Waals surface area contributed by atoms with Crippen molar-refractivity contribution >= 4 is 22.6 Å². The van der Waals surface area contributed by atoms with E-state index in [0.29, 0.717) is 19.6 Å². The van der Waals surface area contributed by atoms with Crippen LogP contribution in [0.1, 0.15) is 24.0 Å². The summed E-state index contributed by atoms with van der Waals surface area (Å²) >= 11 is 0. The number of halogens is 1. The lowest BCUT2D eigenvalue weighted by molar-refractivity contribution is 0.381. The molecule has 2 heterocycles. The van der Waals surface area contributed by atoms with Crippen molar-refractivity contribution in [2.45, 2.75) is 31.8 Å². The molecule has 3 rings (SSSR count). The van der Waals surface area contributed by atoms with E-state index in [2.05, 4.69) is 16.1 Å². The van der Waals surface area contributed by atoms with Crippen molar-refractivity contribution in [2.75, 3.05) is 19.6 Å². The predicted molar refractivity (Wildman–Crippen MR) is 85.8 cm³/mol. The van der Waals surface area contributed by atoms with Crippen LogP contribution in [-0.4, -0.2) is 38.4 Å². The Morgan fingerprint density at radius 1 is 1.29 bits per heavy atom. The average molecular weight is 332 g/mol. The van der Waals surface area contributed by atoms with Gasteiger partial charge in [0.1, 0.15) is 0 Å². The summed E-state index contributed by atoms with van der Waals surface area (Å²) < 4.78 is 29.0. The second-order valence-corrected chi connectivity index (χ2v) is 7.25. The number of benzene rings is 1. The third kappa shape index (κ3) is 3.96. The highest BCUT2D eigenvalue weighted by molar-refractivity contribution is 7.87. The minimum atomic E-state index is -3.37. The molecule has 1 aromatic carbocycles. The monoisotopic (exact) mass is 331 g/mol. The van der Waals surface area contributed by atoms with Crippen LogP contribution < -0.4 is 10.0 Å². The van der Waals surface area contributed by atoms with Crippen LogP contribution in [0.2, 0.25) is 0 Å². The molecule has 0 aromatic heterocycles. The van der Waals surface area contributed by atoms with Crippen LogP contribution in [0, 0.1) is 0 Å². The lowest BCUT2D eigenvalue weighted by Gasteiger charge is -2.28. The van der Waals surface area contributed by atoms with E-state index in [-0.39, 0.29) is 18.4 Å². The minimum Gasteiger partial charge on any atom is -0.313 e. The molecule has 118 valence electrons. The van der Waals surface area contributed by atoms with E-state index in [9.17, 15) is 8.42 Å². The maximum atomic E-state index is 12.3. The molecule has 2 aliphatic heterocycles. The first-order valence-corrected chi connectivity index (χ1v) is 8.64. The van der Waals surface area contributed by atoms with Gasteiger partial charge >= 0.3 is 0 Å². The van der Waals surface area contributed by atoms with E-state index in [1.807, 2.05) is 18.2 Å². The maximum absolute atomic E-state index is 12.3. The average Bonchev–Trinajstić information content (AvgIpc) is 2.98. The van der Waals surface area contributed by atoms with Crippen LogP contribution >= 0.6 is 12.4 Å². The molecule has 0 aliphatic carbocycles. The van der Waals surface area contributed by atoms with E-state index in [1.54, 1.807) is 4.31 Å². The Morgan fingerprint density at radius 2 is 2.05 bits per heavy atom. The molecule has 21 heavy (non-hydrogen) atoms. The first-order valence-electron chi connectivity index (χ1n) is 7.20. The van der Waals surface area contributed by atoms with E-state index in [1.165, 1.54) is 5.56 Å². The predicted octanol–water partition coefficient (Wildman–Crippen LogP) is 1.05. The first kappa shape index (κ1) is 16.7. The van der Waals surface area contributed by atoms with Crippen molar-refractivity contribution in [1.29, 1.82) is 0 Å². The number of hydrogen-bond donors (Lipinski definition) is 2. The molecule has 2 aliphatic rings. The normalized spacial score (nSPS) is 22.6. The lowest BCUT2D eigenvalue weighted by Crippen LogP contribution is -2.46. The molecule has 0 spiro atoms. The Kier molecular flexibility index (Phi) is 5.62. The molecule has 1 saturated heterocycles. The zero-order valence-electron chi connectivity index (χ0n) is 11.9. The van der Waals surface area contributed by atoms with Gasteiger partial charge in [0.05, 0.1) is 0 Å². The highest BCUT2D eigenvalue weighted by Crippen LogP contribution is 2.20. The van der Waals surface area contributed by atoms with Gasteiger partial charge in [0.2, 0.25) is 0 Å². The van der Waals surface area contributed by atoms with E-state index in [4.69, 9.17) is 0 Å². The molecule has 0 bridgehead atoms. The van der Waals surface area contributed by atoms with Crippen molar-refractivity contribution in [3.8, 4) is 0 Å². The number of nitrogens with zero attached hydrogens (tertiary/aromatic N) is 1. The SMILES string of the molecule is Cl.O=S(=O)(NCC1CCCN1)N1CCc2ccccc2C1. The molecular weight excluding hydrogens is 310 g/mol. The Balaban J connectivity index is 0.00000161. The quantitative estimate of drug-likeness (QED) is 0.867. The molecule has 0 amide bonds. The molecule has 7 heteroatoms. The third-order valence-electron chi connectivity index (χ3n) is 4.11. The molecule has 1 aromatic rings. The van der Waals surface area contributed by atoms with Gasteiger partial charge in [-0.05, 0) is 36.9 Å². The van der Waals surface area contributed by atoms with Gasteiger partial charge in [-0.25, -0.2) is 4.72 Å². The summed E-state index contributed by atoms with van der Waals surface area (Å²) in [5.74, 6) is 0. The first-order chi connectivity index (χ1) is 9.65. The summed E-state index contributed by atoms with van der Waals surface area (Å²) in [4.78, 5) is 0. The fourth-order valence-corrected chi connectivity index (χ4v) is 4.14. The molecular formula is C14H22ClN3O2S. The van der Waals surface area contributed by atoms with Gasteiger partial charge in [0.15, 0.2) is 0 Å². The van der Waals surface area contributed by atoms with Gasteiger partial charge in [-0.15, -0.1) is 12.4 Å². The number of fused-ring (bicyclic) bond motifs is 1. The van der Waals surface area contributed by atoms with Crippen molar-refractivity contribution in [3.63, 3.8) is 0 Å². The fourth-order valence-electron chi connectivity index (χ4n) is 2.90. The molecule has 1 atom stereocenters. The van der Waals surface area contributed by atoms with E-state index < -0.39 is 10.2 Å². The molecule has 5 nitrogen and oxygen atoms in total. The summed E-state index contributed by atoms with van der Waals surface area (Å²) in [7, 11) is -3.37. The Hall–Kier alpha value is -0.660. The van der Waals surface area contributed by atoms with E-state index >= 15 is 0 Å². The van der Waals surface area contributed by atoms with Crippen LogP contribution in [-0.2, 0) is 23.2 Å². The Morgan fingerprint density at radius 3 is 2.76 bits per heavy atom. The van der Waals surface area contributed by atoms with Crippen molar-refractivity contribution in [2.24, 2.45) is 0 Å². The zero-order valence-corrected chi connectivity index (χ0v) is 13.5. The van der Waals surface area contributed by atoms with Crippen molar-refractivity contribution in [1.82, 2.24) is 14.3 Å². The van der Waals surface area contributed by atoms with Crippen molar-refractivity contribution in [3.05, 3.63) is 35.4 Å². The second-order valence-electron chi connectivity index (χ2n) is 5.50. The fraction of sp³-hybridized carbons (Fsp3) is 0.571. The van der Waals surface area contributed by atoms with Crippen LogP contribution in [0.5, 0.6) is 0 Å². The number of rotatable bonds is 4. The van der Waals surface area contributed by atoms with Gasteiger partial charge in [-0.2, -0.15) is 12.7 Å². The summed E-state index contributed by atoms with van der Waals surface area (Å²) in [5.41, 5.74) is 2.37. The highest BCUT2D eigenvalue weighted by atomic mass is 35.5. The Bertz CT molecular complexity index is 573. The zero-order chi connectivity index (χ0) is 14.0. The summed E-state index contributed by atoms with van der Waals surface area (Å²) in [5, 5.41) is 3.30. The Labute approximate surface area is 132 Å². The summed E-state index contributed by atoms with van der Waals surface area (Å²) in [6.07, 6.45) is 2.97. The third-order valence-corrected chi connectivity index (χ3v) is 5.63. The summed E-state index contributed by atoms with van der Waals surface area (Å²) in [6, 6.07) is 8.34. The van der Waals surface area contributed by atoms with Crippen LogP contribution in [0.4, 0.5) is 0 Å². The van der Waals surface area contributed by atoms with Gasteiger partial charge in [-0.3, -0.25) is 0 Å². The minimum absolute atomic E-state index is 0. The summed E-state index contributed by atoms with van der Waals surface area (Å²) in [6.45, 7) is 2.51. The molecule has 1 fully saturated rings. The largest absolute Gasteiger partial charge is 0.313 e. The van der Waals surface area contributed by atoms with Crippen LogP contribution in [0.25, 0.3) is 0 Å². The second kappa shape index (κ2) is 7.07. The van der Waals surface area contributed by atoms with Gasteiger partial charge in [0, 0.05) is 25.7 Å². The molecule has 1 unspecified atom stereocenters. The number of nitrogens with one attached hydrogen (secondary N) is 2. The lowest BCUT2D eigenvalue weighted by atomic mass is 10.0. The van der Waals surface area contributed by atoms with Crippen LogP contribution in [0.3, 0.4) is 0 Å². The topological polar surface area (TPSA) is 61.4 Å². The van der Waals surface area contributed by atoms with Crippen molar-refractivity contribution < 1.29 is 8.42 Å². The standard InChI is InChI=1S/C14H21N3O2S.ClH/c18-20(19,16-10-14-6-3-8-15-14)17-9-7-12-4-1-2-5-13(12)11-17;/h1-2,4-5,14-16H,3,6-11H2;1H. The smallest absolute Gasteiger partial charge is 0.279 e. The number of hydrogen-bond acceptors (Lipinski definition) is 3.